The molecule has 0 amide bonds. The molecular weight excluding hydrogens is 423 g/mol. The van der Waals surface area contributed by atoms with E-state index in [1.165, 1.54) is 24.3 Å². The molecule has 4 nitrogen and oxygen atoms in total. The number of nitrogens with one attached hydrogen (secondary N) is 1. The number of aromatic nitrogens is 1. The summed E-state index contributed by atoms with van der Waals surface area (Å²) < 4.78 is 25.5. The molecule has 130 valence electrons. The van der Waals surface area contributed by atoms with Gasteiger partial charge in [-0.2, -0.15) is 0 Å². The maximum atomic E-state index is 12.7. The van der Waals surface area contributed by atoms with Crippen LogP contribution in [0.25, 0.3) is 0 Å². The lowest BCUT2D eigenvalue weighted by Crippen LogP contribution is -2.03. The van der Waals surface area contributed by atoms with Crippen molar-refractivity contribution < 1.29 is 8.42 Å². The molecule has 0 fully saturated rings. The van der Waals surface area contributed by atoms with Gasteiger partial charge in [-0.1, -0.05) is 52.2 Å². The number of halogens is 3. The summed E-state index contributed by atoms with van der Waals surface area (Å²) >= 11 is 19.1. The molecule has 0 aliphatic carbocycles. The Kier molecular flexibility index (Phi) is 5.27. The zero-order valence-corrected chi connectivity index (χ0v) is 16.7. The van der Waals surface area contributed by atoms with E-state index in [9.17, 15) is 8.42 Å². The Hall–Kier alpha value is -1.31. The van der Waals surface area contributed by atoms with E-state index in [0.717, 1.165) is 16.9 Å². The summed E-state index contributed by atoms with van der Waals surface area (Å²) in [5.74, 6) is 0. The van der Waals surface area contributed by atoms with Crippen molar-refractivity contribution in [2.24, 2.45) is 0 Å². The fourth-order valence-corrected chi connectivity index (χ4v) is 5.16. The largest absolute Gasteiger partial charge is 0.331 e. The standard InChI is InChI=1S/C16H11Cl3N2O2S2/c1-9-2-5-11(8-13(9)18)20-16-21-15(14(19)24-16)25(22,23)12-6-3-10(17)4-7-12/h2-8H,1H3,(H,20,21). The number of sulfone groups is 1. The first kappa shape index (κ1) is 18.5. The second-order valence-electron chi connectivity index (χ2n) is 5.14. The number of hydrogen-bond donors (Lipinski definition) is 1. The summed E-state index contributed by atoms with van der Waals surface area (Å²) in [7, 11) is -3.83. The van der Waals surface area contributed by atoms with Crippen LogP contribution < -0.4 is 5.32 Å². The van der Waals surface area contributed by atoms with Crippen LogP contribution in [0.15, 0.2) is 52.4 Å². The smallest absolute Gasteiger partial charge is 0.226 e. The van der Waals surface area contributed by atoms with Crippen molar-refractivity contribution in [1.29, 1.82) is 0 Å². The maximum Gasteiger partial charge on any atom is 0.226 e. The van der Waals surface area contributed by atoms with Crippen molar-refractivity contribution in [3.63, 3.8) is 0 Å². The third kappa shape index (κ3) is 3.93. The number of hydrogen-bond acceptors (Lipinski definition) is 5. The molecule has 25 heavy (non-hydrogen) atoms. The van der Waals surface area contributed by atoms with Gasteiger partial charge in [-0.15, -0.1) is 0 Å². The number of nitrogens with zero attached hydrogens (tertiary/aromatic N) is 1. The third-order valence-corrected chi connectivity index (χ3v) is 7.13. The Morgan fingerprint density at radius 2 is 1.72 bits per heavy atom. The molecule has 0 unspecified atom stereocenters. The van der Waals surface area contributed by atoms with E-state index in [2.05, 4.69) is 10.3 Å². The topological polar surface area (TPSA) is 59.1 Å². The van der Waals surface area contributed by atoms with Crippen LogP contribution in [0.4, 0.5) is 10.8 Å². The number of benzene rings is 2. The van der Waals surface area contributed by atoms with Crippen LogP contribution in [0.5, 0.6) is 0 Å². The summed E-state index contributed by atoms with van der Waals surface area (Å²) in [5, 5.41) is 4.23. The average Bonchev–Trinajstić information content (AvgIpc) is 2.92. The summed E-state index contributed by atoms with van der Waals surface area (Å²) in [6.07, 6.45) is 0. The SMILES string of the molecule is Cc1ccc(Nc2nc(S(=O)(=O)c3ccc(Cl)cc3)c(Cl)s2)cc1Cl. The Morgan fingerprint density at radius 1 is 1.04 bits per heavy atom. The van der Waals surface area contributed by atoms with Gasteiger partial charge in [0.15, 0.2) is 10.2 Å². The molecule has 0 saturated carbocycles. The molecule has 0 aliphatic heterocycles. The lowest BCUT2D eigenvalue weighted by molar-refractivity contribution is 0.593. The van der Waals surface area contributed by atoms with Gasteiger partial charge >= 0.3 is 0 Å². The van der Waals surface area contributed by atoms with E-state index in [4.69, 9.17) is 34.8 Å². The van der Waals surface area contributed by atoms with Gasteiger partial charge in [0, 0.05) is 15.7 Å². The highest BCUT2D eigenvalue weighted by molar-refractivity contribution is 7.91. The van der Waals surface area contributed by atoms with Gasteiger partial charge in [0.1, 0.15) is 4.34 Å². The number of aryl methyl sites for hydroxylation is 1. The van der Waals surface area contributed by atoms with Gasteiger partial charge in [-0.3, -0.25) is 0 Å². The van der Waals surface area contributed by atoms with Gasteiger partial charge in [-0.25, -0.2) is 13.4 Å². The molecule has 0 saturated heterocycles. The normalized spacial score (nSPS) is 11.5. The van der Waals surface area contributed by atoms with E-state index in [1.54, 1.807) is 6.07 Å². The van der Waals surface area contributed by atoms with Crippen molar-refractivity contribution in [2.45, 2.75) is 16.8 Å². The van der Waals surface area contributed by atoms with E-state index in [1.807, 2.05) is 19.1 Å². The van der Waals surface area contributed by atoms with E-state index >= 15 is 0 Å². The van der Waals surface area contributed by atoms with Gasteiger partial charge < -0.3 is 5.32 Å². The lowest BCUT2D eigenvalue weighted by atomic mass is 10.2. The summed E-state index contributed by atoms with van der Waals surface area (Å²) in [6, 6.07) is 11.2. The molecule has 1 aromatic heterocycles. The molecule has 1 heterocycles. The molecule has 2 aromatic carbocycles. The van der Waals surface area contributed by atoms with Crippen LogP contribution in [0.3, 0.4) is 0 Å². The van der Waals surface area contributed by atoms with E-state index in [0.29, 0.717) is 20.9 Å². The Bertz CT molecular complexity index is 1030. The highest BCUT2D eigenvalue weighted by Crippen LogP contribution is 2.36. The molecule has 0 atom stereocenters. The van der Waals surface area contributed by atoms with Gasteiger partial charge in [0.05, 0.1) is 4.90 Å². The predicted molar refractivity (Wildman–Crippen MR) is 103 cm³/mol. The fraction of sp³-hybridized carbons (Fsp3) is 0.0625. The minimum absolute atomic E-state index is 0.0778. The zero-order valence-electron chi connectivity index (χ0n) is 12.8. The van der Waals surface area contributed by atoms with Crippen LogP contribution >= 0.6 is 46.1 Å². The number of anilines is 2. The minimum atomic E-state index is -3.83. The van der Waals surface area contributed by atoms with Crippen molar-refractivity contribution in [1.82, 2.24) is 4.98 Å². The van der Waals surface area contributed by atoms with Crippen molar-refractivity contribution in [3.8, 4) is 0 Å². The lowest BCUT2D eigenvalue weighted by Gasteiger charge is -2.04. The number of rotatable bonds is 4. The Morgan fingerprint density at radius 3 is 2.36 bits per heavy atom. The molecule has 0 aliphatic rings. The Balaban J connectivity index is 1.94. The second kappa shape index (κ2) is 7.13. The van der Waals surface area contributed by atoms with Gasteiger partial charge in [-0.05, 0) is 48.9 Å². The molecule has 0 spiro atoms. The Labute approximate surface area is 164 Å². The minimum Gasteiger partial charge on any atom is -0.331 e. The molecule has 0 radical (unpaired) electrons. The quantitative estimate of drug-likeness (QED) is 0.549. The first-order valence-corrected chi connectivity index (χ1v) is 10.4. The average molecular weight is 434 g/mol. The van der Waals surface area contributed by atoms with E-state index in [-0.39, 0.29) is 14.3 Å². The monoisotopic (exact) mass is 432 g/mol. The predicted octanol–water partition coefficient (Wildman–Crippen LogP) is 5.99. The highest BCUT2D eigenvalue weighted by Gasteiger charge is 2.25. The first-order chi connectivity index (χ1) is 11.8. The summed E-state index contributed by atoms with van der Waals surface area (Å²) in [4.78, 5) is 4.22. The van der Waals surface area contributed by atoms with Crippen LogP contribution in [-0.4, -0.2) is 13.4 Å². The van der Waals surface area contributed by atoms with Gasteiger partial charge in [0.25, 0.3) is 0 Å². The van der Waals surface area contributed by atoms with Crippen LogP contribution in [0.2, 0.25) is 14.4 Å². The zero-order chi connectivity index (χ0) is 18.2. The molecule has 3 aromatic rings. The number of thiazole rings is 1. The third-order valence-electron chi connectivity index (χ3n) is 3.36. The highest BCUT2D eigenvalue weighted by atomic mass is 35.5. The molecule has 3 rings (SSSR count). The molecule has 1 N–H and O–H groups in total. The van der Waals surface area contributed by atoms with E-state index < -0.39 is 9.84 Å². The summed E-state index contributed by atoms with van der Waals surface area (Å²) in [5.41, 5.74) is 1.63. The van der Waals surface area contributed by atoms with Gasteiger partial charge in [0.2, 0.25) is 9.84 Å². The van der Waals surface area contributed by atoms with Crippen molar-refractivity contribution in [2.75, 3.05) is 5.32 Å². The molecule has 0 bridgehead atoms. The van der Waals surface area contributed by atoms with Crippen LogP contribution in [0, 0.1) is 6.92 Å². The first-order valence-electron chi connectivity index (χ1n) is 6.97. The molecular formula is C16H11Cl3N2O2S2. The second-order valence-corrected chi connectivity index (χ2v) is 9.45. The van der Waals surface area contributed by atoms with Crippen molar-refractivity contribution in [3.05, 3.63) is 62.4 Å². The maximum absolute atomic E-state index is 12.7. The summed E-state index contributed by atoms with van der Waals surface area (Å²) in [6.45, 7) is 1.89. The van der Waals surface area contributed by atoms with Crippen LogP contribution in [0.1, 0.15) is 5.56 Å². The van der Waals surface area contributed by atoms with Crippen LogP contribution in [-0.2, 0) is 9.84 Å². The fourth-order valence-electron chi connectivity index (χ4n) is 2.03. The molecule has 9 heteroatoms. The van der Waals surface area contributed by atoms with Crippen molar-refractivity contribution >= 4 is 66.8 Å².